The van der Waals surface area contributed by atoms with Crippen LogP contribution in [-0.2, 0) is 0 Å². The molecule has 0 radical (unpaired) electrons. The van der Waals surface area contributed by atoms with E-state index < -0.39 is 0 Å². The van der Waals surface area contributed by atoms with E-state index in [4.69, 9.17) is 23.2 Å². The second-order valence-electron chi connectivity index (χ2n) is 3.43. The summed E-state index contributed by atoms with van der Waals surface area (Å²) in [4.78, 5) is 10.2. The largest absolute Gasteiger partial charge is 0.351 e. The van der Waals surface area contributed by atoms with Crippen LogP contribution in [-0.4, -0.2) is 34.1 Å². The zero-order chi connectivity index (χ0) is 10.8. The molecule has 15 heavy (non-hydrogen) atoms. The molecule has 3 nitrogen and oxygen atoms in total. The molecule has 0 saturated carbocycles. The van der Waals surface area contributed by atoms with E-state index in [0.29, 0.717) is 11.1 Å². The number of hydrogen-bond donors (Lipinski definition) is 0. The molecule has 1 aliphatic rings. The third-order valence-electron chi connectivity index (χ3n) is 2.34. The van der Waals surface area contributed by atoms with Gasteiger partial charge in [-0.15, -0.1) is 0 Å². The number of halogens is 2. The predicted molar refractivity (Wildman–Crippen MR) is 66.2 cm³/mol. The number of hydrogen-bond acceptors (Lipinski definition) is 4. The van der Waals surface area contributed by atoms with E-state index in [2.05, 4.69) is 21.8 Å². The van der Waals surface area contributed by atoms with Crippen molar-refractivity contribution in [2.75, 3.05) is 23.0 Å². The number of aromatic nitrogens is 2. The molecule has 1 saturated heterocycles. The Hall–Kier alpha value is -0.190. The Balaban J connectivity index is 2.30. The third kappa shape index (κ3) is 2.49. The summed E-state index contributed by atoms with van der Waals surface area (Å²) in [6.45, 7) is 3.12. The summed E-state index contributed by atoms with van der Waals surface area (Å²) in [6.07, 6.45) is 1.56. The van der Waals surface area contributed by atoms with Gasteiger partial charge in [-0.25, -0.2) is 4.98 Å². The molecule has 0 aromatic carbocycles. The lowest BCUT2D eigenvalue weighted by Gasteiger charge is -2.34. The van der Waals surface area contributed by atoms with Gasteiger partial charge >= 0.3 is 0 Å². The highest BCUT2D eigenvalue weighted by atomic mass is 35.5. The van der Waals surface area contributed by atoms with Crippen LogP contribution < -0.4 is 4.90 Å². The second kappa shape index (κ2) is 4.76. The molecule has 1 atom stereocenters. The number of thioether (sulfide) groups is 1. The van der Waals surface area contributed by atoms with Gasteiger partial charge < -0.3 is 4.90 Å². The minimum atomic E-state index is 0.250. The average Bonchev–Trinajstić information content (AvgIpc) is 2.23. The maximum Gasteiger partial charge on any atom is 0.224 e. The molecule has 6 heteroatoms. The normalized spacial score (nSPS) is 21.8. The van der Waals surface area contributed by atoms with Crippen molar-refractivity contribution >= 4 is 40.8 Å². The molecule has 0 aliphatic carbocycles. The molecule has 0 amide bonds. The van der Waals surface area contributed by atoms with E-state index in [1.54, 1.807) is 6.20 Å². The molecule has 1 aliphatic heterocycles. The van der Waals surface area contributed by atoms with Gasteiger partial charge in [0, 0.05) is 24.1 Å². The molecule has 1 fully saturated rings. The van der Waals surface area contributed by atoms with E-state index >= 15 is 0 Å². The van der Waals surface area contributed by atoms with Crippen molar-refractivity contribution in [1.82, 2.24) is 9.97 Å². The summed E-state index contributed by atoms with van der Waals surface area (Å²) >= 11 is 13.8. The zero-order valence-electron chi connectivity index (χ0n) is 8.28. The van der Waals surface area contributed by atoms with Crippen LogP contribution in [0.2, 0.25) is 10.3 Å². The minimum Gasteiger partial charge on any atom is -0.351 e. The van der Waals surface area contributed by atoms with Gasteiger partial charge in [0.05, 0.1) is 6.20 Å². The van der Waals surface area contributed by atoms with Crippen LogP contribution in [0.4, 0.5) is 5.82 Å². The molecule has 1 aromatic heterocycles. The smallest absolute Gasteiger partial charge is 0.224 e. The van der Waals surface area contributed by atoms with Crippen molar-refractivity contribution in [1.29, 1.82) is 0 Å². The first-order valence-electron chi connectivity index (χ1n) is 4.71. The van der Waals surface area contributed by atoms with Gasteiger partial charge in [0.25, 0.3) is 0 Å². The van der Waals surface area contributed by atoms with Gasteiger partial charge in [0.15, 0.2) is 5.82 Å². The molecular weight excluding hydrogens is 253 g/mol. The summed E-state index contributed by atoms with van der Waals surface area (Å²) in [5, 5.41) is 0.818. The maximum atomic E-state index is 6.06. The second-order valence-corrected chi connectivity index (χ2v) is 5.32. The lowest BCUT2D eigenvalue weighted by molar-refractivity contribution is 0.688. The Kier molecular flexibility index (Phi) is 3.59. The summed E-state index contributed by atoms with van der Waals surface area (Å²) in [5.41, 5.74) is 0. The SMILES string of the molecule is CC1CSCCN1c1nc(Cl)ncc1Cl. The lowest BCUT2D eigenvalue weighted by Crippen LogP contribution is -2.41. The Labute approximate surface area is 103 Å². The van der Waals surface area contributed by atoms with Crippen molar-refractivity contribution in [3.8, 4) is 0 Å². The van der Waals surface area contributed by atoms with Gasteiger partial charge in [-0.1, -0.05) is 11.6 Å². The molecule has 2 heterocycles. The topological polar surface area (TPSA) is 29.0 Å². The van der Waals surface area contributed by atoms with Crippen molar-refractivity contribution in [2.45, 2.75) is 13.0 Å². The summed E-state index contributed by atoms with van der Waals surface area (Å²) in [6, 6.07) is 0.437. The van der Waals surface area contributed by atoms with E-state index in [1.807, 2.05) is 11.8 Å². The quantitative estimate of drug-likeness (QED) is 0.729. The molecule has 0 spiro atoms. The van der Waals surface area contributed by atoms with Crippen molar-refractivity contribution in [3.05, 3.63) is 16.5 Å². The maximum absolute atomic E-state index is 6.06. The van der Waals surface area contributed by atoms with Crippen molar-refractivity contribution < 1.29 is 0 Å². The first kappa shape index (κ1) is 11.3. The Bertz CT molecular complexity index is 361. The van der Waals surface area contributed by atoms with Gasteiger partial charge in [-0.2, -0.15) is 16.7 Å². The average molecular weight is 264 g/mol. The zero-order valence-corrected chi connectivity index (χ0v) is 10.6. The van der Waals surface area contributed by atoms with E-state index in [9.17, 15) is 0 Å². The van der Waals surface area contributed by atoms with Crippen LogP contribution in [0.1, 0.15) is 6.92 Å². The van der Waals surface area contributed by atoms with Crippen LogP contribution in [0.15, 0.2) is 6.20 Å². The molecule has 1 aromatic rings. The van der Waals surface area contributed by atoms with Crippen LogP contribution in [0.5, 0.6) is 0 Å². The molecule has 0 N–H and O–H groups in total. The molecular formula is C9H11Cl2N3S. The first-order chi connectivity index (χ1) is 7.18. The number of nitrogens with zero attached hydrogens (tertiary/aromatic N) is 3. The lowest BCUT2D eigenvalue weighted by atomic mass is 10.3. The number of rotatable bonds is 1. The van der Waals surface area contributed by atoms with Crippen LogP contribution >= 0.6 is 35.0 Å². The number of anilines is 1. The van der Waals surface area contributed by atoms with E-state index in [0.717, 1.165) is 23.9 Å². The van der Waals surface area contributed by atoms with Crippen LogP contribution in [0, 0.1) is 0 Å². The first-order valence-corrected chi connectivity index (χ1v) is 6.62. The Morgan fingerprint density at radius 1 is 1.53 bits per heavy atom. The molecule has 2 rings (SSSR count). The Morgan fingerprint density at radius 3 is 3.07 bits per heavy atom. The standard InChI is InChI=1S/C9H11Cl2N3S/c1-6-5-15-3-2-14(6)8-7(10)4-12-9(11)13-8/h4,6H,2-3,5H2,1H3. The third-order valence-corrected chi connectivity index (χ3v) is 3.97. The summed E-state index contributed by atoms with van der Waals surface area (Å²) < 4.78 is 0. The minimum absolute atomic E-state index is 0.250. The molecule has 0 bridgehead atoms. The van der Waals surface area contributed by atoms with Gasteiger partial charge in [0.2, 0.25) is 5.28 Å². The summed E-state index contributed by atoms with van der Waals surface area (Å²) in [7, 11) is 0. The van der Waals surface area contributed by atoms with Gasteiger partial charge in [0.1, 0.15) is 5.02 Å². The fourth-order valence-corrected chi connectivity index (χ4v) is 2.92. The highest BCUT2D eigenvalue weighted by molar-refractivity contribution is 7.99. The molecule has 82 valence electrons. The Morgan fingerprint density at radius 2 is 2.33 bits per heavy atom. The fraction of sp³-hybridized carbons (Fsp3) is 0.556. The fourth-order valence-electron chi connectivity index (χ4n) is 1.58. The van der Waals surface area contributed by atoms with E-state index in [-0.39, 0.29) is 5.28 Å². The highest BCUT2D eigenvalue weighted by Gasteiger charge is 2.22. The van der Waals surface area contributed by atoms with Crippen LogP contribution in [0.3, 0.4) is 0 Å². The summed E-state index contributed by atoms with van der Waals surface area (Å²) in [5.74, 6) is 2.95. The van der Waals surface area contributed by atoms with Crippen molar-refractivity contribution in [2.24, 2.45) is 0 Å². The predicted octanol–water partition coefficient (Wildman–Crippen LogP) is 2.73. The molecule has 1 unspecified atom stereocenters. The highest BCUT2D eigenvalue weighted by Crippen LogP contribution is 2.28. The van der Waals surface area contributed by atoms with Gasteiger partial charge in [-0.05, 0) is 18.5 Å². The van der Waals surface area contributed by atoms with E-state index in [1.165, 1.54) is 0 Å². The van der Waals surface area contributed by atoms with Gasteiger partial charge in [-0.3, -0.25) is 0 Å². The van der Waals surface area contributed by atoms with Crippen LogP contribution in [0.25, 0.3) is 0 Å². The monoisotopic (exact) mass is 263 g/mol. The van der Waals surface area contributed by atoms with Crippen molar-refractivity contribution in [3.63, 3.8) is 0 Å².